The van der Waals surface area contributed by atoms with Gasteiger partial charge in [0.1, 0.15) is 17.7 Å². The van der Waals surface area contributed by atoms with E-state index >= 15 is 0 Å². The summed E-state index contributed by atoms with van der Waals surface area (Å²) in [4.78, 5) is 80.8. The minimum absolute atomic E-state index is 0.0236. The predicted octanol–water partition coefficient (Wildman–Crippen LogP) is 1.63. The van der Waals surface area contributed by atoms with Gasteiger partial charge in [-0.25, -0.2) is 4.79 Å². The van der Waals surface area contributed by atoms with Crippen LogP contribution in [0.4, 0.5) is 4.79 Å². The Labute approximate surface area is 265 Å². The second-order valence-electron chi connectivity index (χ2n) is 15.8. The van der Waals surface area contributed by atoms with Crippen LogP contribution in [0.5, 0.6) is 0 Å². The topological polar surface area (TPSA) is 172 Å². The molecule has 4 fully saturated rings. The zero-order chi connectivity index (χ0) is 33.6. The van der Waals surface area contributed by atoms with Crippen molar-refractivity contribution in [2.75, 3.05) is 13.1 Å². The molecule has 4 rings (SSSR count). The monoisotopic (exact) mass is 633 g/mol. The molecule has 2 unspecified atom stereocenters. The van der Waals surface area contributed by atoms with Crippen molar-refractivity contribution in [3.8, 4) is 0 Å². The number of carbonyl (C=O) groups is 6. The molecule has 0 spiro atoms. The number of alkyl carbamates (subject to hydrolysis) is 1. The highest BCUT2D eigenvalue weighted by atomic mass is 16.6. The van der Waals surface area contributed by atoms with Gasteiger partial charge in [-0.05, 0) is 69.1 Å². The zero-order valence-electron chi connectivity index (χ0n) is 28.1. The number of hydrogen-bond acceptors (Lipinski definition) is 8. The van der Waals surface area contributed by atoms with E-state index in [0.29, 0.717) is 19.5 Å². The Morgan fingerprint density at radius 3 is 2.18 bits per heavy atom. The Bertz CT molecular complexity index is 1220. The number of amides is 5. The summed E-state index contributed by atoms with van der Waals surface area (Å²) in [6.07, 6.45) is 0.120. The van der Waals surface area contributed by atoms with E-state index in [9.17, 15) is 28.8 Å². The molecule has 0 radical (unpaired) electrons. The fraction of sp³-hybridized carbons (Fsp3) is 0.812. The number of carbonyl (C=O) groups excluding carboxylic acids is 6. The zero-order valence-corrected chi connectivity index (χ0v) is 28.1. The van der Waals surface area contributed by atoms with Crippen LogP contribution in [0.3, 0.4) is 0 Å². The van der Waals surface area contributed by atoms with Gasteiger partial charge >= 0.3 is 12.1 Å². The van der Waals surface area contributed by atoms with E-state index in [4.69, 9.17) is 9.47 Å². The third-order valence-electron chi connectivity index (χ3n) is 9.40. The standard InChI is InChI=1S/C32H51N5O8/c1-16(38)44-23(27(41)34-18-10-11-18)20(14-17-12-13-33-25(17)39)35-26(40)22-21-19(32(21,8)9)15-37(22)28(42)24(30(2,3)4)36-29(43)45-31(5,6)7/h17-24H,10-15H2,1-9H3,(H,33,39)(H,34,41)(H,35,40)(H,36,43)/t17-,19+,20?,21+,22-,23?,24+/m0/s1. The van der Waals surface area contributed by atoms with Crippen molar-refractivity contribution in [1.29, 1.82) is 0 Å². The highest BCUT2D eigenvalue weighted by Gasteiger charge is 2.70. The molecule has 252 valence electrons. The van der Waals surface area contributed by atoms with Crippen molar-refractivity contribution in [3.05, 3.63) is 0 Å². The second-order valence-corrected chi connectivity index (χ2v) is 15.8. The highest BCUT2D eigenvalue weighted by Crippen LogP contribution is 2.65. The lowest BCUT2D eigenvalue weighted by Crippen LogP contribution is -2.61. The van der Waals surface area contributed by atoms with Gasteiger partial charge in [-0.3, -0.25) is 24.0 Å². The molecule has 4 aliphatic rings. The van der Waals surface area contributed by atoms with Crippen molar-refractivity contribution < 1.29 is 38.2 Å². The lowest BCUT2D eigenvalue weighted by molar-refractivity contribution is -0.157. The molecule has 2 heterocycles. The Kier molecular flexibility index (Phi) is 9.53. The van der Waals surface area contributed by atoms with Crippen molar-refractivity contribution >= 4 is 35.7 Å². The molecular weight excluding hydrogens is 582 g/mol. The van der Waals surface area contributed by atoms with Gasteiger partial charge < -0.3 is 35.6 Å². The molecule has 45 heavy (non-hydrogen) atoms. The average molecular weight is 634 g/mol. The number of piperidine rings is 1. The number of nitrogens with one attached hydrogen (secondary N) is 4. The van der Waals surface area contributed by atoms with Gasteiger partial charge in [-0.15, -0.1) is 0 Å². The molecule has 13 heteroatoms. The summed E-state index contributed by atoms with van der Waals surface area (Å²) in [6, 6.07) is -2.92. The van der Waals surface area contributed by atoms with E-state index in [2.05, 4.69) is 35.1 Å². The van der Waals surface area contributed by atoms with Gasteiger partial charge in [0.15, 0.2) is 6.10 Å². The number of ether oxygens (including phenoxy) is 2. The maximum absolute atomic E-state index is 14.3. The largest absolute Gasteiger partial charge is 0.450 e. The molecule has 7 atom stereocenters. The number of hydrogen-bond donors (Lipinski definition) is 4. The van der Waals surface area contributed by atoms with Crippen LogP contribution in [-0.4, -0.2) is 89.6 Å². The number of rotatable bonds is 10. The maximum atomic E-state index is 14.3. The van der Waals surface area contributed by atoms with Crippen molar-refractivity contribution in [2.24, 2.45) is 28.6 Å². The molecular formula is C32H51N5O8. The molecule has 5 amide bonds. The summed E-state index contributed by atoms with van der Waals surface area (Å²) >= 11 is 0. The lowest BCUT2D eigenvalue weighted by atomic mass is 9.85. The summed E-state index contributed by atoms with van der Waals surface area (Å²) in [5, 5.41) is 11.3. The second kappa shape index (κ2) is 12.4. The molecule has 2 aliphatic carbocycles. The average Bonchev–Trinajstić information content (AvgIpc) is 3.65. The van der Waals surface area contributed by atoms with Gasteiger partial charge in [0, 0.05) is 32.0 Å². The van der Waals surface area contributed by atoms with Crippen LogP contribution in [0.2, 0.25) is 0 Å². The third kappa shape index (κ3) is 8.07. The molecule has 0 aromatic carbocycles. The Hall–Kier alpha value is -3.38. The van der Waals surface area contributed by atoms with Crippen LogP contribution in [0.1, 0.15) is 88.0 Å². The van der Waals surface area contributed by atoms with Crippen LogP contribution in [-0.2, 0) is 33.4 Å². The SMILES string of the molecule is CC(=O)OC(C(=O)NC1CC1)C(C[C@@H]1CCNC1=O)NC(=O)[C@@H]1[C@H]2[C@@H](CN1C(=O)[C@@H](NC(=O)OC(C)(C)C)C(C)(C)C)C2(C)C. The first kappa shape index (κ1) is 34.5. The van der Waals surface area contributed by atoms with Crippen molar-refractivity contribution in [1.82, 2.24) is 26.2 Å². The van der Waals surface area contributed by atoms with Gasteiger partial charge in [0.2, 0.25) is 17.7 Å². The number of nitrogens with zero attached hydrogens (tertiary/aromatic N) is 1. The highest BCUT2D eigenvalue weighted by molar-refractivity contribution is 5.94. The van der Waals surface area contributed by atoms with Crippen LogP contribution in [0.25, 0.3) is 0 Å². The summed E-state index contributed by atoms with van der Waals surface area (Å²) in [7, 11) is 0. The summed E-state index contributed by atoms with van der Waals surface area (Å²) < 4.78 is 10.9. The van der Waals surface area contributed by atoms with Crippen LogP contribution in [0, 0.1) is 28.6 Å². The van der Waals surface area contributed by atoms with Gasteiger partial charge in [0.25, 0.3) is 5.91 Å². The number of likely N-dealkylation sites (tertiary alicyclic amines) is 1. The molecule has 0 aromatic rings. The van der Waals surface area contributed by atoms with E-state index in [0.717, 1.165) is 12.8 Å². The third-order valence-corrected chi connectivity index (χ3v) is 9.40. The Morgan fingerprint density at radius 2 is 1.67 bits per heavy atom. The Morgan fingerprint density at radius 1 is 1.02 bits per heavy atom. The molecule has 2 saturated heterocycles. The van der Waals surface area contributed by atoms with E-state index in [-0.39, 0.29) is 35.6 Å². The molecule has 2 aliphatic heterocycles. The summed E-state index contributed by atoms with van der Waals surface area (Å²) in [6.45, 7) is 16.8. The fourth-order valence-electron chi connectivity index (χ4n) is 6.76. The van der Waals surface area contributed by atoms with Crippen molar-refractivity contribution in [3.63, 3.8) is 0 Å². The number of fused-ring (bicyclic) bond motifs is 1. The van der Waals surface area contributed by atoms with Crippen LogP contribution >= 0.6 is 0 Å². The van der Waals surface area contributed by atoms with Gasteiger partial charge in [-0.2, -0.15) is 0 Å². The first-order valence-corrected chi connectivity index (χ1v) is 16.1. The first-order chi connectivity index (χ1) is 20.7. The Balaban J connectivity index is 1.61. The van der Waals surface area contributed by atoms with Gasteiger partial charge in [-0.1, -0.05) is 34.6 Å². The van der Waals surface area contributed by atoms with Crippen molar-refractivity contribution in [2.45, 2.75) is 124 Å². The van der Waals surface area contributed by atoms with Gasteiger partial charge in [0.05, 0.1) is 6.04 Å². The van der Waals surface area contributed by atoms with E-state index in [1.807, 2.05) is 20.8 Å². The summed E-state index contributed by atoms with van der Waals surface area (Å²) in [5.41, 5.74) is -1.70. The van der Waals surface area contributed by atoms with E-state index in [1.165, 1.54) is 11.8 Å². The fourth-order valence-corrected chi connectivity index (χ4v) is 6.76. The first-order valence-electron chi connectivity index (χ1n) is 16.1. The normalized spacial score (nSPS) is 27.3. The van der Waals surface area contributed by atoms with Crippen LogP contribution in [0.15, 0.2) is 0 Å². The minimum atomic E-state index is -1.36. The molecule has 13 nitrogen and oxygen atoms in total. The lowest BCUT2D eigenvalue weighted by Gasteiger charge is -2.38. The van der Waals surface area contributed by atoms with E-state index < -0.39 is 70.9 Å². The summed E-state index contributed by atoms with van der Waals surface area (Å²) in [5.74, 6) is -2.92. The van der Waals surface area contributed by atoms with E-state index in [1.54, 1.807) is 20.8 Å². The molecule has 0 bridgehead atoms. The minimum Gasteiger partial charge on any atom is -0.450 e. The smallest absolute Gasteiger partial charge is 0.408 e. The quantitative estimate of drug-likeness (QED) is 0.263. The molecule has 2 saturated carbocycles. The maximum Gasteiger partial charge on any atom is 0.408 e. The number of esters is 1. The molecule has 4 N–H and O–H groups in total. The van der Waals surface area contributed by atoms with Crippen LogP contribution < -0.4 is 21.3 Å². The predicted molar refractivity (Wildman–Crippen MR) is 163 cm³/mol. The molecule has 0 aromatic heterocycles.